The Labute approximate surface area is 131 Å². The zero-order valence-corrected chi connectivity index (χ0v) is 13.6. The molecule has 0 amide bonds. The zero-order valence-electron chi connectivity index (χ0n) is 12.8. The van der Waals surface area contributed by atoms with Crippen molar-refractivity contribution in [2.75, 3.05) is 17.7 Å². The maximum Gasteiger partial charge on any atom is 0.126 e. The third-order valence-corrected chi connectivity index (χ3v) is 5.83. The Morgan fingerprint density at radius 2 is 2.00 bits per heavy atom. The summed E-state index contributed by atoms with van der Waals surface area (Å²) in [5, 5.41) is 8.01. The van der Waals surface area contributed by atoms with Gasteiger partial charge < -0.3 is 10.6 Å². The highest BCUT2D eigenvalue weighted by atomic mass is 32.2. The number of nitrogens with one attached hydrogen (secondary N) is 1. The molecule has 114 valence electrons. The van der Waals surface area contributed by atoms with Gasteiger partial charge in [-0.25, -0.2) is 0 Å². The first kappa shape index (κ1) is 14.8. The van der Waals surface area contributed by atoms with E-state index in [4.69, 9.17) is 11.1 Å². The molecule has 2 unspecified atom stereocenters. The topological polar surface area (TPSA) is 53.1 Å². The molecule has 0 spiro atoms. The van der Waals surface area contributed by atoms with Crippen LogP contribution in [0.5, 0.6) is 0 Å². The fourth-order valence-electron chi connectivity index (χ4n) is 4.12. The summed E-state index contributed by atoms with van der Waals surface area (Å²) in [7, 11) is 0. The highest BCUT2D eigenvalue weighted by molar-refractivity contribution is 7.98. The Balaban J connectivity index is 2.00. The van der Waals surface area contributed by atoms with Crippen molar-refractivity contribution in [3.05, 3.63) is 23.8 Å². The number of nitrogen functional groups attached to an aromatic ring is 1. The molecule has 1 aliphatic carbocycles. The highest BCUT2D eigenvalue weighted by Gasteiger charge is 2.34. The molecule has 3 rings (SSSR count). The molecule has 21 heavy (non-hydrogen) atoms. The second kappa shape index (κ2) is 6.30. The van der Waals surface area contributed by atoms with E-state index in [1.54, 1.807) is 11.8 Å². The molecule has 1 aromatic rings. The van der Waals surface area contributed by atoms with E-state index in [2.05, 4.69) is 29.4 Å². The third kappa shape index (κ3) is 2.78. The minimum absolute atomic E-state index is 0.202. The first-order valence-corrected chi connectivity index (χ1v) is 9.23. The van der Waals surface area contributed by atoms with Crippen LogP contribution in [0.3, 0.4) is 0 Å². The fourth-order valence-corrected chi connectivity index (χ4v) is 4.76. The van der Waals surface area contributed by atoms with Gasteiger partial charge in [-0.15, -0.1) is 11.8 Å². The van der Waals surface area contributed by atoms with E-state index in [-0.39, 0.29) is 5.84 Å². The molecule has 1 aromatic carbocycles. The molecule has 0 aromatic heterocycles. The summed E-state index contributed by atoms with van der Waals surface area (Å²) in [6, 6.07) is 7.00. The van der Waals surface area contributed by atoms with Gasteiger partial charge in [0.2, 0.25) is 0 Å². The van der Waals surface area contributed by atoms with Gasteiger partial charge >= 0.3 is 0 Å². The molecular formula is C17H25N3S. The number of hydrogen-bond acceptors (Lipinski definition) is 3. The first-order chi connectivity index (χ1) is 10.2. The molecule has 1 aliphatic heterocycles. The van der Waals surface area contributed by atoms with Crippen LogP contribution in [0.25, 0.3) is 0 Å². The summed E-state index contributed by atoms with van der Waals surface area (Å²) < 4.78 is 0. The number of amidine groups is 1. The second-order valence-corrected chi connectivity index (χ2v) is 7.06. The molecule has 1 saturated carbocycles. The van der Waals surface area contributed by atoms with E-state index < -0.39 is 0 Å². The van der Waals surface area contributed by atoms with Crippen molar-refractivity contribution in [3.63, 3.8) is 0 Å². The highest BCUT2D eigenvalue weighted by Crippen LogP contribution is 2.40. The molecule has 2 aliphatic rings. The Hall–Kier alpha value is -1.16. The molecule has 1 heterocycles. The Morgan fingerprint density at radius 1 is 1.24 bits per heavy atom. The molecule has 1 saturated heterocycles. The molecule has 3 N–H and O–H groups in total. The minimum atomic E-state index is 0.202. The SMILES string of the molecule is CSc1cccc(N2CCCC3CCCCC32)c1C(=N)N. The quantitative estimate of drug-likeness (QED) is 0.506. The lowest BCUT2D eigenvalue weighted by Gasteiger charge is -2.46. The molecule has 3 nitrogen and oxygen atoms in total. The summed E-state index contributed by atoms with van der Waals surface area (Å²) in [6.07, 6.45) is 10.1. The number of nitrogens with zero attached hydrogens (tertiary/aromatic N) is 1. The van der Waals surface area contributed by atoms with Crippen LogP contribution in [0.1, 0.15) is 44.1 Å². The average molecular weight is 303 g/mol. The van der Waals surface area contributed by atoms with Gasteiger partial charge in [-0.05, 0) is 50.0 Å². The zero-order chi connectivity index (χ0) is 14.8. The maximum atomic E-state index is 8.01. The average Bonchev–Trinajstić information content (AvgIpc) is 2.53. The fraction of sp³-hybridized carbons (Fsp3) is 0.588. The third-order valence-electron chi connectivity index (χ3n) is 5.05. The van der Waals surface area contributed by atoms with Crippen molar-refractivity contribution in [1.29, 1.82) is 5.41 Å². The Morgan fingerprint density at radius 3 is 2.76 bits per heavy atom. The number of anilines is 1. The summed E-state index contributed by atoms with van der Waals surface area (Å²) in [5.74, 6) is 1.04. The van der Waals surface area contributed by atoms with Crippen LogP contribution < -0.4 is 10.6 Å². The number of fused-ring (bicyclic) bond motifs is 1. The Kier molecular flexibility index (Phi) is 4.43. The van der Waals surface area contributed by atoms with Crippen LogP contribution in [0.4, 0.5) is 5.69 Å². The number of piperidine rings is 1. The molecule has 0 radical (unpaired) electrons. The molecule has 4 heteroatoms. The number of benzene rings is 1. The van der Waals surface area contributed by atoms with Crippen LogP contribution in [0.15, 0.2) is 23.1 Å². The number of hydrogen-bond donors (Lipinski definition) is 2. The van der Waals surface area contributed by atoms with E-state index in [0.717, 1.165) is 22.9 Å². The summed E-state index contributed by atoms with van der Waals surface area (Å²) in [5.41, 5.74) is 8.04. The van der Waals surface area contributed by atoms with Gasteiger partial charge in [0, 0.05) is 23.2 Å². The van der Waals surface area contributed by atoms with Gasteiger partial charge in [-0.1, -0.05) is 18.9 Å². The van der Waals surface area contributed by atoms with Gasteiger partial charge in [-0.2, -0.15) is 0 Å². The van der Waals surface area contributed by atoms with Crippen molar-refractivity contribution in [3.8, 4) is 0 Å². The van der Waals surface area contributed by atoms with E-state index in [1.165, 1.54) is 44.2 Å². The summed E-state index contributed by atoms with van der Waals surface area (Å²) in [4.78, 5) is 3.68. The van der Waals surface area contributed by atoms with E-state index in [0.29, 0.717) is 6.04 Å². The first-order valence-electron chi connectivity index (χ1n) is 8.00. The molecule has 2 atom stereocenters. The van der Waals surface area contributed by atoms with Gasteiger partial charge in [-0.3, -0.25) is 5.41 Å². The monoisotopic (exact) mass is 303 g/mol. The molecular weight excluding hydrogens is 278 g/mol. The lowest BCUT2D eigenvalue weighted by molar-refractivity contribution is 0.243. The van der Waals surface area contributed by atoms with Crippen molar-refractivity contribution in [2.45, 2.75) is 49.5 Å². The second-order valence-electron chi connectivity index (χ2n) is 6.22. The van der Waals surface area contributed by atoms with Crippen LogP contribution in [-0.4, -0.2) is 24.7 Å². The van der Waals surface area contributed by atoms with Gasteiger partial charge in [0.15, 0.2) is 0 Å². The van der Waals surface area contributed by atoms with E-state index >= 15 is 0 Å². The van der Waals surface area contributed by atoms with Crippen LogP contribution in [0, 0.1) is 11.3 Å². The predicted molar refractivity (Wildman–Crippen MR) is 91.6 cm³/mol. The van der Waals surface area contributed by atoms with Crippen molar-refractivity contribution in [2.24, 2.45) is 11.7 Å². The van der Waals surface area contributed by atoms with Crippen LogP contribution >= 0.6 is 11.8 Å². The Bertz CT molecular complexity index is 527. The number of nitrogens with two attached hydrogens (primary N) is 1. The summed E-state index contributed by atoms with van der Waals surface area (Å²) in [6.45, 7) is 1.11. The van der Waals surface area contributed by atoms with Gasteiger partial charge in [0.1, 0.15) is 5.84 Å². The van der Waals surface area contributed by atoms with Crippen LogP contribution in [0.2, 0.25) is 0 Å². The number of rotatable bonds is 3. The van der Waals surface area contributed by atoms with Crippen LogP contribution in [-0.2, 0) is 0 Å². The summed E-state index contributed by atoms with van der Waals surface area (Å²) >= 11 is 1.68. The minimum Gasteiger partial charge on any atom is -0.384 e. The normalized spacial score (nSPS) is 25.5. The lowest BCUT2D eigenvalue weighted by Crippen LogP contribution is -2.47. The van der Waals surface area contributed by atoms with E-state index in [1.807, 2.05) is 0 Å². The van der Waals surface area contributed by atoms with Crippen molar-refractivity contribution < 1.29 is 0 Å². The maximum absolute atomic E-state index is 8.01. The number of thioether (sulfide) groups is 1. The van der Waals surface area contributed by atoms with Gasteiger partial charge in [0.25, 0.3) is 0 Å². The smallest absolute Gasteiger partial charge is 0.126 e. The molecule has 2 fully saturated rings. The van der Waals surface area contributed by atoms with Gasteiger partial charge in [0.05, 0.1) is 5.56 Å². The van der Waals surface area contributed by atoms with Crippen molar-refractivity contribution in [1.82, 2.24) is 0 Å². The van der Waals surface area contributed by atoms with Crippen molar-refractivity contribution >= 4 is 23.3 Å². The largest absolute Gasteiger partial charge is 0.384 e. The standard InChI is InChI=1S/C17H25N3S/c1-21-15-10-4-9-14(16(15)17(18)19)20-11-5-7-12-6-2-3-8-13(12)20/h4,9-10,12-13H,2-3,5-8,11H2,1H3,(H3,18,19). The lowest BCUT2D eigenvalue weighted by atomic mass is 9.78. The molecule has 0 bridgehead atoms. The predicted octanol–water partition coefficient (Wildman–Crippen LogP) is 3.85. The van der Waals surface area contributed by atoms with E-state index in [9.17, 15) is 0 Å².